The molecule has 0 amide bonds. The van der Waals surface area contributed by atoms with Gasteiger partial charge in [-0.05, 0) is 66.8 Å². The van der Waals surface area contributed by atoms with Gasteiger partial charge in [-0.1, -0.05) is 43.3 Å². The summed E-state index contributed by atoms with van der Waals surface area (Å²) in [6.07, 6.45) is -0.746. The standard InChI is InChI=1S/C28H30F2O4/c1-3-20-17-24(12-9-21(20)11-14-27(31)32)33-16-15-19(2)34-26-13-10-23(28(29)30)18-25(26)22-7-5-4-6-8-22/h4-10,12-13,17-19,28H,3,11,14-16H2,1-2H3,(H,31,32)/t19-/m1/s1. The number of ether oxygens (including phenoxy) is 2. The molecule has 0 heterocycles. The van der Waals surface area contributed by atoms with E-state index in [1.807, 2.05) is 62.4 Å². The summed E-state index contributed by atoms with van der Waals surface area (Å²) in [5.74, 6) is 0.476. The number of carboxylic acids is 1. The van der Waals surface area contributed by atoms with Crippen LogP contribution in [0.15, 0.2) is 66.7 Å². The average molecular weight is 469 g/mol. The van der Waals surface area contributed by atoms with Crippen molar-refractivity contribution in [3.8, 4) is 22.6 Å². The van der Waals surface area contributed by atoms with E-state index in [1.54, 1.807) is 6.07 Å². The Bertz CT molecular complexity index is 1080. The summed E-state index contributed by atoms with van der Waals surface area (Å²) in [4.78, 5) is 10.9. The molecule has 0 spiro atoms. The molecular weight excluding hydrogens is 438 g/mol. The van der Waals surface area contributed by atoms with E-state index in [4.69, 9.17) is 14.6 Å². The zero-order valence-corrected chi connectivity index (χ0v) is 19.5. The maximum atomic E-state index is 13.3. The minimum Gasteiger partial charge on any atom is -0.493 e. The maximum absolute atomic E-state index is 13.3. The molecule has 0 bridgehead atoms. The zero-order valence-electron chi connectivity index (χ0n) is 19.5. The van der Waals surface area contributed by atoms with Gasteiger partial charge in [0.2, 0.25) is 0 Å². The van der Waals surface area contributed by atoms with Gasteiger partial charge < -0.3 is 14.6 Å². The Balaban J connectivity index is 1.62. The fourth-order valence-electron chi connectivity index (χ4n) is 3.75. The van der Waals surface area contributed by atoms with Crippen LogP contribution in [-0.2, 0) is 17.6 Å². The number of aryl methyl sites for hydroxylation is 2. The van der Waals surface area contributed by atoms with Crippen LogP contribution in [0.2, 0.25) is 0 Å². The molecule has 6 heteroatoms. The van der Waals surface area contributed by atoms with Crippen LogP contribution in [0.5, 0.6) is 11.5 Å². The van der Waals surface area contributed by atoms with Gasteiger partial charge in [0.1, 0.15) is 11.5 Å². The normalized spacial score (nSPS) is 11.9. The molecule has 4 nitrogen and oxygen atoms in total. The summed E-state index contributed by atoms with van der Waals surface area (Å²) in [6, 6.07) is 19.6. The molecule has 1 atom stereocenters. The van der Waals surface area contributed by atoms with Crippen molar-refractivity contribution < 1.29 is 28.2 Å². The van der Waals surface area contributed by atoms with Gasteiger partial charge in [-0.15, -0.1) is 0 Å². The Hall–Kier alpha value is -3.41. The van der Waals surface area contributed by atoms with E-state index in [9.17, 15) is 13.6 Å². The first-order valence-corrected chi connectivity index (χ1v) is 11.5. The molecule has 0 unspecified atom stereocenters. The van der Waals surface area contributed by atoms with Gasteiger partial charge in [0.25, 0.3) is 6.43 Å². The van der Waals surface area contributed by atoms with E-state index in [-0.39, 0.29) is 18.1 Å². The second-order valence-electron chi connectivity index (χ2n) is 8.17. The molecule has 3 rings (SSSR count). The van der Waals surface area contributed by atoms with E-state index < -0.39 is 12.4 Å². The van der Waals surface area contributed by atoms with Crippen molar-refractivity contribution in [3.63, 3.8) is 0 Å². The van der Waals surface area contributed by atoms with Crippen molar-refractivity contribution in [2.24, 2.45) is 0 Å². The van der Waals surface area contributed by atoms with E-state index >= 15 is 0 Å². The average Bonchev–Trinajstić information content (AvgIpc) is 2.83. The Morgan fingerprint density at radius 2 is 1.76 bits per heavy atom. The van der Waals surface area contributed by atoms with Crippen LogP contribution in [0.4, 0.5) is 8.78 Å². The third-order valence-corrected chi connectivity index (χ3v) is 5.63. The van der Waals surface area contributed by atoms with Gasteiger partial charge in [-0.3, -0.25) is 4.79 Å². The van der Waals surface area contributed by atoms with E-state index in [0.29, 0.717) is 30.8 Å². The lowest BCUT2D eigenvalue weighted by atomic mass is 10.0. The van der Waals surface area contributed by atoms with Gasteiger partial charge in [0, 0.05) is 24.0 Å². The molecule has 1 N–H and O–H groups in total. The number of aliphatic carboxylic acids is 1. The molecule has 3 aromatic rings. The lowest BCUT2D eigenvalue weighted by molar-refractivity contribution is -0.136. The molecule has 0 aliphatic carbocycles. The van der Waals surface area contributed by atoms with Gasteiger partial charge in [0.05, 0.1) is 12.7 Å². The molecular formula is C28H30F2O4. The highest BCUT2D eigenvalue weighted by Crippen LogP contribution is 2.34. The third kappa shape index (κ3) is 7.04. The molecule has 0 saturated carbocycles. The molecule has 0 fully saturated rings. The first kappa shape index (κ1) is 25.2. The summed E-state index contributed by atoms with van der Waals surface area (Å²) in [5, 5.41) is 8.92. The van der Waals surface area contributed by atoms with E-state index in [2.05, 4.69) is 0 Å². The number of carbonyl (C=O) groups is 1. The first-order chi connectivity index (χ1) is 16.4. The maximum Gasteiger partial charge on any atom is 0.303 e. The number of rotatable bonds is 12. The molecule has 34 heavy (non-hydrogen) atoms. The minimum atomic E-state index is -2.55. The van der Waals surface area contributed by atoms with Crippen LogP contribution in [0.1, 0.15) is 49.8 Å². The first-order valence-electron chi connectivity index (χ1n) is 11.5. The molecule has 0 saturated heterocycles. The van der Waals surface area contributed by atoms with Crippen LogP contribution in [-0.4, -0.2) is 23.8 Å². The number of carboxylic acid groups (broad SMARTS) is 1. The minimum absolute atomic E-state index is 0.0410. The zero-order chi connectivity index (χ0) is 24.5. The van der Waals surface area contributed by atoms with Crippen molar-refractivity contribution in [3.05, 3.63) is 83.4 Å². The molecule has 3 aromatic carbocycles. The smallest absolute Gasteiger partial charge is 0.303 e. The van der Waals surface area contributed by atoms with Gasteiger partial charge >= 0.3 is 5.97 Å². The van der Waals surface area contributed by atoms with Crippen LogP contribution < -0.4 is 9.47 Å². The van der Waals surface area contributed by atoms with Gasteiger partial charge in [-0.25, -0.2) is 8.78 Å². The fourth-order valence-corrected chi connectivity index (χ4v) is 3.75. The summed E-state index contributed by atoms with van der Waals surface area (Å²) >= 11 is 0. The predicted molar refractivity (Wildman–Crippen MR) is 129 cm³/mol. The number of hydrogen-bond acceptors (Lipinski definition) is 3. The van der Waals surface area contributed by atoms with Gasteiger partial charge in [-0.2, -0.15) is 0 Å². The monoisotopic (exact) mass is 468 g/mol. The van der Waals surface area contributed by atoms with Crippen molar-refractivity contribution >= 4 is 5.97 Å². The molecule has 0 aliphatic rings. The lowest BCUT2D eigenvalue weighted by Gasteiger charge is -2.19. The SMILES string of the molecule is CCc1cc(OCC[C@@H](C)Oc2ccc(C(F)F)cc2-c2ccccc2)ccc1CCC(=O)O. The lowest BCUT2D eigenvalue weighted by Crippen LogP contribution is -2.16. The number of hydrogen-bond donors (Lipinski definition) is 1. The predicted octanol–water partition coefficient (Wildman–Crippen LogP) is 7.11. The van der Waals surface area contributed by atoms with Crippen molar-refractivity contribution in [2.45, 2.75) is 52.1 Å². The van der Waals surface area contributed by atoms with Crippen molar-refractivity contribution in [1.82, 2.24) is 0 Å². The van der Waals surface area contributed by atoms with Crippen LogP contribution in [0.25, 0.3) is 11.1 Å². The highest BCUT2D eigenvalue weighted by molar-refractivity contribution is 5.71. The highest BCUT2D eigenvalue weighted by atomic mass is 19.3. The second kappa shape index (κ2) is 12.2. The Morgan fingerprint density at radius 3 is 2.44 bits per heavy atom. The van der Waals surface area contributed by atoms with Crippen LogP contribution in [0, 0.1) is 0 Å². The van der Waals surface area contributed by atoms with Gasteiger partial charge in [0.15, 0.2) is 0 Å². The van der Waals surface area contributed by atoms with E-state index in [1.165, 1.54) is 12.1 Å². The number of benzene rings is 3. The van der Waals surface area contributed by atoms with Crippen LogP contribution in [0.3, 0.4) is 0 Å². The topological polar surface area (TPSA) is 55.8 Å². The largest absolute Gasteiger partial charge is 0.493 e. The van der Waals surface area contributed by atoms with Crippen molar-refractivity contribution in [2.75, 3.05) is 6.61 Å². The van der Waals surface area contributed by atoms with Crippen molar-refractivity contribution in [1.29, 1.82) is 0 Å². The van der Waals surface area contributed by atoms with E-state index in [0.717, 1.165) is 28.9 Å². The summed E-state index contributed by atoms with van der Waals surface area (Å²) in [5.41, 5.74) is 3.51. The van der Waals surface area contributed by atoms with Crippen LogP contribution >= 0.6 is 0 Å². The Morgan fingerprint density at radius 1 is 1.00 bits per heavy atom. The quantitative estimate of drug-likeness (QED) is 0.308. The Kier molecular flexibility index (Phi) is 9.02. The third-order valence-electron chi connectivity index (χ3n) is 5.63. The summed E-state index contributed by atoms with van der Waals surface area (Å²) in [6.45, 7) is 4.38. The fraction of sp³-hybridized carbons (Fsp3) is 0.321. The second-order valence-corrected chi connectivity index (χ2v) is 8.17. The molecule has 0 aromatic heterocycles. The molecule has 0 radical (unpaired) electrons. The highest BCUT2D eigenvalue weighted by Gasteiger charge is 2.15. The molecule has 0 aliphatic heterocycles. The molecule has 180 valence electrons. The summed E-state index contributed by atoms with van der Waals surface area (Å²) in [7, 11) is 0. The number of halogens is 2. The Labute approximate surface area is 199 Å². The summed E-state index contributed by atoms with van der Waals surface area (Å²) < 4.78 is 38.5. The number of alkyl halides is 2.